The van der Waals surface area contributed by atoms with E-state index in [0.29, 0.717) is 0 Å². The second-order valence-electron chi connectivity index (χ2n) is 6.45. The van der Waals surface area contributed by atoms with Crippen molar-refractivity contribution in [3.8, 4) is 5.75 Å². The SMILES string of the molecule is COc1cccc2c3c(=O)n(C)ccc3n(CCN3CCOCC3)c12. The molecule has 1 saturated heterocycles. The Balaban J connectivity index is 1.87. The Morgan fingerprint density at radius 1 is 1.16 bits per heavy atom. The number of benzene rings is 1. The molecule has 132 valence electrons. The first-order valence-corrected chi connectivity index (χ1v) is 8.65. The van der Waals surface area contributed by atoms with Crippen LogP contribution in [0.4, 0.5) is 0 Å². The van der Waals surface area contributed by atoms with Crippen molar-refractivity contribution in [1.29, 1.82) is 0 Å². The van der Waals surface area contributed by atoms with Crippen LogP contribution in [-0.4, -0.2) is 54.0 Å². The summed E-state index contributed by atoms with van der Waals surface area (Å²) < 4.78 is 14.9. The minimum atomic E-state index is 0.0286. The largest absolute Gasteiger partial charge is 0.495 e. The molecule has 6 heteroatoms. The maximum Gasteiger partial charge on any atom is 0.260 e. The van der Waals surface area contributed by atoms with E-state index in [-0.39, 0.29) is 5.56 Å². The van der Waals surface area contributed by atoms with E-state index in [0.717, 1.165) is 66.9 Å². The van der Waals surface area contributed by atoms with E-state index < -0.39 is 0 Å². The van der Waals surface area contributed by atoms with Gasteiger partial charge in [0.25, 0.3) is 5.56 Å². The molecule has 0 N–H and O–H groups in total. The third kappa shape index (κ3) is 2.71. The highest BCUT2D eigenvalue weighted by Gasteiger charge is 2.18. The lowest BCUT2D eigenvalue weighted by atomic mass is 10.2. The molecule has 1 fully saturated rings. The van der Waals surface area contributed by atoms with Gasteiger partial charge in [0.1, 0.15) is 5.75 Å². The number of aromatic nitrogens is 2. The van der Waals surface area contributed by atoms with Crippen LogP contribution in [0.5, 0.6) is 5.75 Å². The lowest BCUT2D eigenvalue weighted by Crippen LogP contribution is -2.38. The molecule has 0 spiro atoms. The number of fused-ring (bicyclic) bond motifs is 3. The third-order valence-corrected chi connectivity index (χ3v) is 5.04. The number of ether oxygens (including phenoxy) is 2. The highest BCUT2D eigenvalue weighted by molar-refractivity contribution is 6.09. The van der Waals surface area contributed by atoms with E-state index in [1.165, 1.54) is 0 Å². The fourth-order valence-corrected chi connectivity index (χ4v) is 3.68. The summed E-state index contributed by atoms with van der Waals surface area (Å²) in [4.78, 5) is 15.1. The van der Waals surface area contributed by atoms with Gasteiger partial charge in [-0.05, 0) is 12.1 Å². The van der Waals surface area contributed by atoms with Crippen LogP contribution in [0.15, 0.2) is 35.3 Å². The fourth-order valence-electron chi connectivity index (χ4n) is 3.68. The first-order chi connectivity index (χ1) is 12.2. The second kappa shape index (κ2) is 6.54. The van der Waals surface area contributed by atoms with Crippen molar-refractivity contribution in [3.05, 3.63) is 40.8 Å². The first-order valence-electron chi connectivity index (χ1n) is 8.65. The van der Waals surface area contributed by atoms with Gasteiger partial charge in [0.05, 0.1) is 36.7 Å². The molecule has 0 atom stereocenters. The van der Waals surface area contributed by atoms with Gasteiger partial charge in [-0.15, -0.1) is 0 Å². The molecular weight excluding hydrogens is 318 g/mol. The number of pyridine rings is 1. The Labute approximate surface area is 146 Å². The molecule has 1 aliphatic heterocycles. The quantitative estimate of drug-likeness (QED) is 0.726. The number of rotatable bonds is 4. The molecule has 0 aliphatic carbocycles. The molecule has 0 unspecified atom stereocenters. The van der Waals surface area contributed by atoms with Crippen molar-refractivity contribution in [2.45, 2.75) is 6.54 Å². The van der Waals surface area contributed by atoms with Gasteiger partial charge in [-0.1, -0.05) is 12.1 Å². The normalized spacial score (nSPS) is 15.9. The molecule has 0 radical (unpaired) electrons. The zero-order valence-electron chi connectivity index (χ0n) is 14.7. The highest BCUT2D eigenvalue weighted by Crippen LogP contribution is 2.33. The first kappa shape index (κ1) is 16.2. The minimum Gasteiger partial charge on any atom is -0.495 e. The Hall–Kier alpha value is -2.31. The van der Waals surface area contributed by atoms with Crippen molar-refractivity contribution >= 4 is 21.8 Å². The fraction of sp³-hybridized carbons (Fsp3) is 0.421. The average molecular weight is 341 g/mol. The predicted octanol–water partition coefficient (Wildman–Crippen LogP) is 1.83. The van der Waals surface area contributed by atoms with Gasteiger partial charge in [0.2, 0.25) is 0 Å². The van der Waals surface area contributed by atoms with Gasteiger partial charge in [-0.3, -0.25) is 9.69 Å². The van der Waals surface area contributed by atoms with E-state index in [1.54, 1.807) is 18.7 Å². The molecule has 0 bridgehead atoms. The number of morpholine rings is 1. The van der Waals surface area contributed by atoms with Crippen molar-refractivity contribution in [2.75, 3.05) is 40.0 Å². The Morgan fingerprint density at radius 2 is 1.96 bits per heavy atom. The van der Waals surface area contributed by atoms with Gasteiger partial charge in [-0.2, -0.15) is 0 Å². The van der Waals surface area contributed by atoms with Crippen LogP contribution >= 0.6 is 0 Å². The van der Waals surface area contributed by atoms with Crippen LogP contribution in [0.1, 0.15) is 0 Å². The Bertz CT molecular complexity index is 967. The van der Waals surface area contributed by atoms with E-state index in [4.69, 9.17) is 9.47 Å². The maximum absolute atomic E-state index is 12.7. The Kier molecular flexibility index (Phi) is 4.23. The summed E-state index contributed by atoms with van der Waals surface area (Å²) in [5.41, 5.74) is 1.99. The molecular formula is C19H23N3O3. The maximum atomic E-state index is 12.7. The molecule has 2 aromatic heterocycles. The van der Waals surface area contributed by atoms with E-state index in [2.05, 4.69) is 9.47 Å². The summed E-state index contributed by atoms with van der Waals surface area (Å²) in [6.45, 7) is 5.23. The zero-order chi connectivity index (χ0) is 17.4. The molecule has 4 rings (SSSR count). The van der Waals surface area contributed by atoms with Crippen LogP contribution in [0, 0.1) is 0 Å². The van der Waals surface area contributed by atoms with Gasteiger partial charge in [-0.25, -0.2) is 0 Å². The third-order valence-electron chi connectivity index (χ3n) is 5.04. The molecule has 25 heavy (non-hydrogen) atoms. The topological polar surface area (TPSA) is 48.6 Å². The molecule has 1 aromatic carbocycles. The lowest BCUT2D eigenvalue weighted by Gasteiger charge is -2.27. The number of nitrogens with zero attached hydrogens (tertiary/aromatic N) is 3. The summed E-state index contributed by atoms with van der Waals surface area (Å²) in [7, 11) is 3.47. The van der Waals surface area contributed by atoms with E-state index >= 15 is 0 Å². The highest BCUT2D eigenvalue weighted by atomic mass is 16.5. The van der Waals surface area contributed by atoms with Crippen LogP contribution in [0.2, 0.25) is 0 Å². The minimum absolute atomic E-state index is 0.0286. The van der Waals surface area contributed by atoms with E-state index in [1.807, 2.05) is 30.5 Å². The van der Waals surface area contributed by atoms with Crippen LogP contribution < -0.4 is 10.3 Å². The predicted molar refractivity (Wildman–Crippen MR) is 98.5 cm³/mol. The number of aryl methyl sites for hydroxylation is 1. The standard InChI is InChI=1S/C19H23N3O3/c1-20-7-6-15-17(19(20)23)14-4-3-5-16(24-2)18(14)22(15)9-8-21-10-12-25-13-11-21/h3-7H,8-13H2,1-2H3. The molecule has 0 amide bonds. The van der Waals surface area contributed by atoms with Gasteiger partial charge in [0.15, 0.2) is 0 Å². The monoisotopic (exact) mass is 341 g/mol. The summed E-state index contributed by atoms with van der Waals surface area (Å²) in [5, 5.41) is 1.72. The lowest BCUT2D eigenvalue weighted by molar-refractivity contribution is 0.0366. The number of hydrogen-bond acceptors (Lipinski definition) is 4. The van der Waals surface area contributed by atoms with Gasteiger partial charge in [0, 0.05) is 44.8 Å². The number of para-hydroxylation sites is 1. The van der Waals surface area contributed by atoms with Crippen molar-refractivity contribution in [2.24, 2.45) is 7.05 Å². The van der Waals surface area contributed by atoms with Gasteiger partial charge < -0.3 is 18.6 Å². The second-order valence-corrected chi connectivity index (χ2v) is 6.45. The van der Waals surface area contributed by atoms with Crippen LogP contribution in [-0.2, 0) is 18.3 Å². The molecule has 0 saturated carbocycles. The summed E-state index contributed by atoms with van der Waals surface area (Å²) >= 11 is 0. The van der Waals surface area contributed by atoms with Crippen molar-refractivity contribution in [3.63, 3.8) is 0 Å². The van der Waals surface area contributed by atoms with Crippen molar-refractivity contribution < 1.29 is 9.47 Å². The summed E-state index contributed by atoms with van der Waals surface area (Å²) in [5.74, 6) is 0.803. The molecule has 3 aromatic rings. The van der Waals surface area contributed by atoms with Crippen LogP contribution in [0.3, 0.4) is 0 Å². The Morgan fingerprint density at radius 3 is 2.72 bits per heavy atom. The van der Waals surface area contributed by atoms with Gasteiger partial charge >= 0.3 is 0 Å². The average Bonchev–Trinajstić information content (AvgIpc) is 2.98. The van der Waals surface area contributed by atoms with E-state index in [9.17, 15) is 4.79 Å². The summed E-state index contributed by atoms with van der Waals surface area (Å²) in [6, 6.07) is 7.93. The van der Waals surface area contributed by atoms with Crippen LogP contribution in [0.25, 0.3) is 21.8 Å². The molecule has 1 aliphatic rings. The molecule has 6 nitrogen and oxygen atoms in total. The number of hydrogen-bond donors (Lipinski definition) is 0. The molecule has 3 heterocycles. The summed E-state index contributed by atoms with van der Waals surface area (Å²) in [6.07, 6.45) is 1.83. The van der Waals surface area contributed by atoms with Crippen molar-refractivity contribution in [1.82, 2.24) is 14.0 Å². The zero-order valence-corrected chi connectivity index (χ0v) is 14.7. The smallest absolute Gasteiger partial charge is 0.260 e. The number of methoxy groups -OCH3 is 1.